The maximum absolute atomic E-state index is 12.7. The third-order valence-corrected chi connectivity index (χ3v) is 10.9. The molecule has 0 aromatic heterocycles. The summed E-state index contributed by atoms with van der Waals surface area (Å²) in [5.41, 5.74) is 0. The zero-order chi connectivity index (χ0) is 52.9. The van der Waals surface area contributed by atoms with E-state index in [0.717, 1.165) is 154 Å². The molecule has 0 fully saturated rings. The first-order chi connectivity index (χ1) is 36.0. The summed E-state index contributed by atoms with van der Waals surface area (Å²) in [6.45, 7) is 6.20. The van der Waals surface area contributed by atoms with Gasteiger partial charge in [0.1, 0.15) is 13.2 Å². The minimum Gasteiger partial charge on any atom is -0.462 e. The topological polar surface area (TPSA) is 78.9 Å². The second-order valence-corrected chi connectivity index (χ2v) is 17.7. The summed E-state index contributed by atoms with van der Waals surface area (Å²) in [6.07, 6.45) is 89.4. The first-order valence-electron chi connectivity index (χ1n) is 28.3. The van der Waals surface area contributed by atoms with Crippen LogP contribution in [-0.4, -0.2) is 37.2 Å². The van der Waals surface area contributed by atoms with Crippen LogP contribution in [0, 0.1) is 0 Å². The molecule has 1 atom stereocenters. The molecule has 0 aromatic carbocycles. The van der Waals surface area contributed by atoms with Crippen LogP contribution in [0.2, 0.25) is 0 Å². The van der Waals surface area contributed by atoms with Gasteiger partial charge in [0.25, 0.3) is 0 Å². The van der Waals surface area contributed by atoms with Crippen molar-refractivity contribution in [1.29, 1.82) is 0 Å². The molecule has 0 saturated heterocycles. The van der Waals surface area contributed by atoms with E-state index in [1.807, 2.05) is 12.2 Å². The molecule has 0 aliphatic carbocycles. The van der Waals surface area contributed by atoms with E-state index in [1.165, 1.54) is 0 Å². The van der Waals surface area contributed by atoms with Crippen molar-refractivity contribution < 1.29 is 28.6 Å². The van der Waals surface area contributed by atoms with Gasteiger partial charge in [0.05, 0.1) is 0 Å². The number of hydrogen-bond donors (Lipinski definition) is 0. The molecule has 0 heterocycles. The van der Waals surface area contributed by atoms with Crippen LogP contribution in [0.1, 0.15) is 201 Å². The average molecular weight is 1000 g/mol. The fraction of sp³-hybridized carbons (Fsp3) is 0.507. The van der Waals surface area contributed by atoms with Gasteiger partial charge < -0.3 is 14.2 Å². The van der Waals surface area contributed by atoms with Crippen LogP contribution in [0.25, 0.3) is 0 Å². The zero-order valence-electron chi connectivity index (χ0n) is 46.1. The first-order valence-corrected chi connectivity index (χ1v) is 28.3. The third-order valence-electron chi connectivity index (χ3n) is 10.9. The van der Waals surface area contributed by atoms with Gasteiger partial charge in [-0.2, -0.15) is 0 Å². The Morgan fingerprint density at radius 2 is 0.562 bits per heavy atom. The van der Waals surface area contributed by atoms with Gasteiger partial charge in [-0.3, -0.25) is 14.4 Å². The summed E-state index contributed by atoms with van der Waals surface area (Å²) < 4.78 is 16.6. The second-order valence-electron chi connectivity index (χ2n) is 17.7. The highest BCUT2D eigenvalue weighted by molar-refractivity contribution is 5.71. The Bertz CT molecular complexity index is 1770. The molecule has 0 radical (unpaired) electrons. The van der Waals surface area contributed by atoms with Gasteiger partial charge in [-0.25, -0.2) is 0 Å². The summed E-state index contributed by atoms with van der Waals surface area (Å²) in [6, 6.07) is 0. The average Bonchev–Trinajstić information content (AvgIpc) is 3.39. The molecule has 6 nitrogen and oxygen atoms in total. The predicted octanol–water partition coefficient (Wildman–Crippen LogP) is 19.3. The fourth-order valence-corrected chi connectivity index (χ4v) is 6.75. The highest BCUT2D eigenvalue weighted by atomic mass is 16.6. The van der Waals surface area contributed by atoms with E-state index in [-0.39, 0.29) is 31.6 Å². The molecular formula is C67H100O6. The quantitative estimate of drug-likeness (QED) is 0.0262. The largest absolute Gasteiger partial charge is 0.462 e. The van der Waals surface area contributed by atoms with Crippen molar-refractivity contribution in [2.24, 2.45) is 0 Å². The van der Waals surface area contributed by atoms with E-state index < -0.39 is 12.1 Å². The van der Waals surface area contributed by atoms with Crippen molar-refractivity contribution in [3.8, 4) is 0 Å². The molecule has 0 aliphatic heterocycles. The fourth-order valence-electron chi connectivity index (χ4n) is 6.75. The molecule has 0 saturated carbocycles. The maximum atomic E-state index is 12.7. The summed E-state index contributed by atoms with van der Waals surface area (Å²) >= 11 is 0. The van der Waals surface area contributed by atoms with Crippen LogP contribution in [0.5, 0.6) is 0 Å². The molecule has 0 aromatic rings. The van der Waals surface area contributed by atoms with Crippen LogP contribution in [0.3, 0.4) is 0 Å². The highest BCUT2D eigenvalue weighted by Gasteiger charge is 2.19. The first kappa shape index (κ1) is 67.5. The SMILES string of the molecule is CC/C=C\C/C=C\C/C=C\C/C=C\C/C=C\C/C=C\C/C=C\C/C=C\C/C=C\CCCCCC(=O)OCC(COC(=O)CCCCCCC)OC(=O)CC/C=C\C/C=C\C/C=C\C/C=C\C/C=C\C/C=C\CC. The maximum Gasteiger partial charge on any atom is 0.306 e. The molecule has 0 spiro atoms. The van der Waals surface area contributed by atoms with Crippen LogP contribution in [0.15, 0.2) is 182 Å². The number of esters is 3. The molecule has 6 heteroatoms. The Morgan fingerprint density at radius 3 is 0.877 bits per heavy atom. The lowest BCUT2D eigenvalue weighted by Gasteiger charge is -2.18. The Balaban J connectivity index is 4.31. The minimum atomic E-state index is -0.839. The number of ether oxygens (including phenoxy) is 3. The van der Waals surface area contributed by atoms with Crippen LogP contribution >= 0.6 is 0 Å². The number of carbonyl (C=O) groups is 3. The van der Waals surface area contributed by atoms with Gasteiger partial charge in [0, 0.05) is 19.3 Å². The van der Waals surface area contributed by atoms with E-state index in [9.17, 15) is 14.4 Å². The number of hydrogen-bond acceptors (Lipinski definition) is 6. The van der Waals surface area contributed by atoms with Crippen LogP contribution in [-0.2, 0) is 28.6 Å². The molecule has 1 unspecified atom stereocenters. The summed E-state index contributed by atoms with van der Waals surface area (Å²) in [5, 5.41) is 0. The van der Waals surface area contributed by atoms with E-state index in [1.54, 1.807) is 0 Å². The van der Waals surface area contributed by atoms with Crippen molar-refractivity contribution >= 4 is 17.9 Å². The van der Waals surface area contributed by atoms with Crippen molar-refractivity contribution in [2.75, 3.05) is 13.2 Å². The van der Waals surface area contributed by atoms with E-state index in [0.29, 0.717) is 19.3 Å². The Morgan fingerprint density at radius 1 is 0.288 bits per heavy atom. The Labute approximate surface area is 446 Å². The summed E-state index contributed by atoms with van der Waals surface area (Å²) in [5.74, 6) is -1.08. The highest BCUT2D eigenvalue weighted by Crippen LogP contribution is 2.10. The molecule has 0 N–H and O–H groups in total. The zero-order valence-corrected chi connectivity index (χ0v) is 46.1. The lowest BCUT2D eigenvalue weighted by atomic mass is 10.1. The van der Waals surface area contributed by atoms with Crippen molar-refractivity contribution in [3.63, 3.8) is 0 Å². The minimum absolute atomic E-state index is 0.129. The lowest BCUT2D eigenvalue weighted by Crippen LogP contribution is -2.30. The van der Waals surface area contributed by atoms with Gasteiger partial charge in [0.2, 0.25) is 0 Å². The predicted molar refractivity (Wildman–Crippen MR) is 315 cm³/mol. The smallest absolute Gasteiger partial charge is 0.306 e. The van der Waals surface area contributed by atoms with Crippen molar-refractivity contribution in [3.05, 3.63) is 182 Å². The van der Waals surface area contributed by atoms with Crippen LogP contribution < -0.4 is 0 Å². The molecule has 0 bridgehead atoms. The molecule has 0 rings (SSSR count). The van der Waals surface area contributed by atoms with E-state index >= 15 is 0 Å². The molecule has 404 valence electrons. The third kappa shape index (κ3) is 57.3. The van der Waals surface area contributed by atoms with Gasteiger partial charge in [-0.1, -0.05) is 235 Å². The number of carbonyl (C=O) groups excluding carboxylic acids is 3. The Hall–Kier alpha value is -5.49. The normalized spacial score (nSPS) is 13.5. The summed E-state index contributed by atoms with van der Waals surface area (Å²) in [4.78, 5) is 37.7. The molecule has 0 amide bonds. The van der Waals surface area contributed by atoms with Gasteiger partial charge in [-0.05, 0) is 128 Å². The molecule has 73 heavy (non-hydrogen) atoms. The number of unbranched alkanes of at least 4 members (excludes halogenated alkanes) is 7. The van der Waals surface area contributed by atoms with E-state index in [2.05, 4.69) is 191 Å². The molecule has 0 aliphatic rings. The standard InChI is InChI=1S/C67H100O6/c1-4-7-10-13-15-17-19-21-23-25-27-28-29-30-31-32-33-34-35-36-37-38-40-41-43-45-47-49-51-54-57-60-66(69)72-63-64(62-71-65(68)59-56-53-12-9-6-3)73-67(70)61-58-55-52-50-48-46-44-42-39-26-24-22-20-18-16-14-11-8-5-2/h7-8,10-11,15-18,21-24,27-28,30-31,33-34,36-37,39-42,45-48,52,55,64H,4-6,9,12-14,19-20,25-26,29,32,35,38,43-44,49-51,53-54,56-63H2,1-3H3/b10-7-,11-8-,17-15-,18-16-,23-21-,24-22-,28-27-,31-30-,34-33-,37-36-,41-40-,42-39-,47-45-,48-46-,55-52-. The van der Waals surface area contributed by atoms with Gasteiger partial charge in [-0.15, -0.1) is 0 Å². The van der Waals surface area contributed by atoms with Crippen molar-refractivity contribution in [1.82, 2.24) is 0 Å². The lowest BCUT2D eigenvalue weighted by molar-refractivity contribution is -0.166. The van der Waals surface area contributed by atoms with Crippen molar-refractivity contribution in [2.45, 2.75) is 207 Å². The second kappa shape index (κ2) is 59.1. The number of rotatable bonds is 48. The van der Waals surface area contributed by atoms with Gasteiger partial charge >= 0.3 is 17.9 Å². The van der Waals surface area contributed by atoms with E-state index in [4.69, 9.17) is 14.2 Å². The van der Waals surface area contributed by atoms with Gasteiger partial charge in [0.15, 0.2) is 6.10 Å². The Kier molecular flexibility index (Phi) is 54.6. The van der Waals surface area contributed by atoms with Crippen LogP contribution in [0.4, 0.5) is 0 Å². The number of allylic oxidation sites excluding steroid dienone is 30. The summed E-state index contributed by atoms with van der Waals surface area (Å²) in [7, 11) is 0. The molecular weight excluding hydrogens is 901 g/mol. The monoisotopic (exact) mass is 1000 g/mol.